The molecular formula is C26H22NO6. The fourth-order valence-corrected chi connectivity index (χ4v) is 3.99. The van der Waals surface area contributed by atoms with Crippen LogP contribution in [-0.4, -0.2) is 27.3 Å². The number of carbonyl (C=O) groups is 1. The van der Waals surface area contributed by atoms with Gasteiger partial charge in [0.15, 0.2) is 11.4 Å². The third kappa shape index (κ3) is 4.48. The van der Waals surface area contributed by atoms with Crippen LogP contribution in [0.1, 0.15) is 47.2 Å². The van der Waals surface area contributed by atoms with Gasteiger partial charge in [0.1, 0.15) is 23.9 Å². The molecular weight excluding hydrogens is 422 g/mol. The smallest absolute Gasteiger partial charge is 0.259 e. The lowest BCUT2D eigenvalue weighted by Crippen LogP contribution is -2.11. The van der Waals surface area contributed by atoms with Crippen molar-refractivity contribution < 1.29 is 29.0 Å². The van der Waals surface area contributed by atoms with Gasteiger partial charge in [0, 0.05) is 17.7 Å². The third-order valence-electron chi connectivity index (χ3n) is 5.78. The lowest BCUT2D eigenvalue weighted by molar-refractivity contribution is 0.103. The molecule has 0 saturated heterocycles. The number of carbonyl (C=O) groups excluding carboxylic acids is 1. The molecule has 0 spiro atoms. The molecule has 0 atom stereocenters. The predicted molar refractivity (Wildman–Crippen MR) is 120 cm³/mol. The number of ether oxygens (including phenoxy) is 2. The van der Waals surface area contributed by atoms with Gasteiger partial charge in [0.05, 0.1) is 17.1 Å². The van der Waals surface area contributed by atoms with Crippen molar-refractivity contribution in [1.29, 1.82) is 0 Å². The molecule has 5 rings (SSSR count). The minimum absolute atomic E-state index is 0.107. The summed E-state index contributed by atoms with van der Waals surface area (Å²) in [4.78, 5) is 12.8. The number of benzene rings is 3. The van der Waals surface area contributed by atoms with E-state index in [0.717, 1.165) is 31.2 Å². The molecule has 0 amide bonds. The Morgan fingerprint density at radius 2 is 1.94 bits per heavy atom. The van der Waals surface area contributed by atoms with Crippen molar-refractivity contribution in [3.05, 3.63) is 77.4 Å². The van der Waals surface area contributed by atoms with Crippen LogP contribution in [0.5, 0.6) is 23.1 Å². The summed E-state index contributed by atoms with van der Waals surface area (Å²) in [6, 6.07) is 17.8. The summed E-state index contributed by atoms with van der Waals surface area (Å²) in [5, 5.41) is 24.0. The number of nitrogens with zero attached hydrogens (tertiary/aromatic N) is 1. The van der Waals surface area contributed by atoms with Gasteiger partial charge in [-0.2, -0.15) is 0 Å². The molecule has 33 heavy (non-hydrogen) atoms. The van der Waals surface area contributed by atoms with Gasteiger partial charge in [0.25, 0.3) is 5.88 Å². The highest BCUT2D eigenvalue weighted by molar-refractivity contribution is 6.10. The molecule has 0 aliphatic heterocycles. The summed E-state index contributed by atoms with van der Waals surface area (Å²) in [5.74, 6) is 0.484. The number of fused-ring (bicyclic) bond motifs is 1. The Balaban J connectivity index is 1.23. The van der Waals surface area contributed by atoms with Gasteiger partial charge >= 0.3 is 0 Å². The summed E-state index contributed by atoms with van der Waals surface area (Å²) in [6.07, 6.45) is 4.53. The predicted octanol–water partition coefficient (Wildman–Crippen LogP) is 5.17. The van der Waals surface area contributed by atoms with E-state index < -0.39 is 0 Å². The van der Waals surface area contributed by atoms with Gasteiger partial charge in [-0.15, -0.1) is 0 Å². The number of phenolic OH excluding ortho intramolecular Hbond substituents is 1. The van der Waals surface area contributed by atoms with Crippen molar-refractivity contribution in [3.8, 4) is 23.1 Å². The quantitative estimate of drug-likeness (QED) is 0.379. The minimum Gasteiger partial charge on any atom is -0.507 e. The average Bonchev–Trinajstić information content (AvgIpc) is 3.47. The van der Waals surface area contributed by atoms with Gasteiger partial charge in [-0.1, -0.05) is 6.07 Å². The molecule has 4 aromatic rings. The molecule has 7 nitrogen and oxygen atoms in total. The molecule has 1 aliphatic rings. The first kappa shape index (κ1) is 20.9. The maximum Gasteiger partial charge on any atom is 0.259 e. The van der Waals surface area contributed by atoms with Crippen molar-refractivity contribution in [2.24, 2.45) is 0 Å². The molecule has 1 aromatic heterocycles. The van der Waals surface area contributed by atoms with Crippen molar-refractivity contribution in [1.82, 2.24) is 5.16 Å². The van der Waals surface area contributed by atoms with E-state index in [4.69, 9.17) is 14.0 Å². The van der Waals surface area contributed by atoms with Crippen LogP contribution in [0.3, 0.4) is 0 Å². The van der Waals surface area contributed by atoms with Crippen LogP contribution in [0, 0.1) is 6.07 Å². The van der Waals surface area contributed by atoms with Crippen molar-refractivity contribution in [2.45, 2.75) is 38.4 Å². The number of hydrogen-bond acceptors (Lipinski definition) is 7. The van der Waals surface area contributed by atoms with E-state index in [9.17, 15) is 15.0 Å². The number of ketones is 1. The SMILES string of the molecule is O=C(c1c[c]c(OCc2ccc3c(O)noc3c2)cc1)c1ccc(OC2CCCC2)cc1O. The average molecular weight is 444 g/mol. The highest BCUT2D eigenvalue weighted by atomic mass is 16.5. The van der Waals surface area contributed by atoms with Gasteiger partial charge < -0.3 is 24.2 Å². The number of rotatable bonds is 7. The molecule has 1 radical (unpaired) electrons. The zero-order chi connectivity index (χ0) is 22.8. The minimum atomic E-state index is -0.307. The van der Waals surface area contributed by atoms with Crippen LogP contribution < -0.4 is 9.47 Å². The van der Waals surface area contributed by atoms with Gasteiger partial charge in [-0.25, -0.2) is 0 Å². The van der Waals surface area contributed by atoms with E-state index >= 15 is 0 Å². The molecule has 1 heterocycles. The second-order valence-corrected chi connectivity index (χ2v) is 8.10. The van der Waals surface area contributed by atoms with Crippen LogP contribution in [0.15, 0.2) is 59.1 Å². The topological polar surface area (TPSA) is 102 Å². The largest absolute Gasteiger partial charge is 0.507 e. The molecule has 167 valence electrons. The summed E-state index contributed by atoms with van der Waals surface area (Å²) in [7, 11) is 0. The zero-order valence-corrected chi connectivity index (χ0v) is 17.8. The molecule has 3 aromatic carbocycles. The maximum atomic E-state index is 12.8. The normalized spacial score (nSPS) is 13.9. The molecule has 0 unspecified atom stereocenters. The monoisotopic (exact) mass is 444 g/mol. The van der Waals surface area contributed by atoms with Crippen molar-refractivity contribution >= 4 is 16.8 Å². The van der Waals surface area contributed by atoms with Crippen molar-refractivity contribution in [2.75, 3.05) is 0 Å². The van der Waals surface area contributed by atoms with Crippen LogP contribution in [0.25, 0.3) is 11.0 Å². The lowest BCUT2D eigenvalue weighted by Gasteiger charge is -2.14. The highest BCUT2D eigenvalue weighted by Gasteiger charge is 2.19. The fourth-order valence-electron chi connectivity index (χ4n) is 3.99. The third-order valence-corrected chi connectivity index (χ3v) is 5.78. The summed E-state index contributed by atoms with van der Waals surface area (Å²) in [6.45, 7) is 0.254. The van der Waals surface area contributed by atoms with Gasteiger partial charge in [-0.3, -0.25) is 4.79 Å². The standard InChI is InChI=1S/C26H22NO6/c28-23-14-20(32-19-3-1-2-4-19)10-12-21(23)25(29)17-6-8-18(9-7-17)31-15-16-5-11-22-24(13-16)33-27-26(22)30/h5-8,10-14,19,28H,1-4,15H2,(H,27,30). The van der Waals surface area contributed by atoms with E-state index in [2.05, 4.69) is 11.2 Å². The lowest BCUT2D eigenvalue weighted by atomic mass is 10.0. The van der Waals surface area contributed by atoms with Crippen LogP contribution >= 0.6 is 0 Å². The molecule has 2 N–H and O–H groups in total. The molecule has 1 fully saturated rings. The van der Waals surface area contributed by atoms with E-state index in [1.807, 2.05) is 0 Å². The summed E-state index contributed by atoms with van der Waals surface area (Å²) < 4.78 is 16.7. The van der Waals surface area contributed by atoms with Crippen molar-refractivity contribution in [3.63, 3.8) is 0 Å². The number of aromatic nitrogens is 1. The van der Waals surface area contributed by atoms with Crippen LogP contribution in [0.2, 0.25) is 0 Å². The Morgan fingerprint density at radius 1 is 1.09 bits per heavy atom. The molecule has 1 saturated carbocycles. The molecule has 7 heteroatoms. The second-order valence-electron chi connectivity index (χ2n) is 8.10. The van der Waals surface area contributed by atoms with E-state index in [-0.39, 0.29) is 35.7 Å². The fraction of sp³-hybridized carbons (Fsp3) is 0.231. The van der Waals surface area contributed by atoms with E-state index in [1.165, 1.54) is 12.1 Å². The number of aromatic hydroxyl groups is 2. The van der Waals surface area contributed by atoms with Gasteiger partial charge in [-0.05, 0) is 78.9 Å². The van der Waals surface area contributed by atoms with Gasteiger partial charge in [0.2, 0.25) is 0 Å². The van der Waals surface area contributed by atoms with Crippen LogP contribution in [-0.2, 0) is 6.61 Å². The van der Waals surface area contributed by atoms with E-state index in [0.29, 0.717) is 28.0 Å². The Morgan fingerprint density at radius 3 is 2.70 bits per heavy atom. The first-order valence-electron chi connectivity index (χ1n) is 10.8. The second kappa shape index (κ2) is 8.86. The Hall–Kier alpha value is -4.00. The first-order chi connectivity index (χ1) is 16.1. The Bertz CT molecular complexity index is 1290. The molecule has 0 bridgehead atoms. The number of hydrogen-bond donors (Lipinski definition) is 2. The number of phenols is 1. The molecule has 1 aliphatic carbocycles. The highest BCUT2D eigenvalue weighted by Crippen LogP contribution is 2.30. The van der Waals surface area contributed by atoms with Crippen LogP contribution in [0.4, 0.5) is 0 Å². The summed E-state index contributed by atoms with van der Waals surface area (Å²) >= 11 is 0. The maximum absolute atomic E-state index is 12.8. The van der Waals surface area contributed by atoms with E-state index in [1.54, 1.807) is 42.5 Å². The zero-order valence-electron chi connectivity index (χ0n) is 17.8. The summed E-state index contributed by atoms with van der Waals surface area (Å²) in [5.41, 5.74) is 1.90. The Kier molecular flexibility index (Phi) is 5.60. The first-order valence-corrected chi connectivity index (χ1v) is 10.8. The Labute approximate surface area is 190 Å².